The molecule has 1 saturated heterocycles. The lowest BCUT2D eigenvalue weighted by molar-refractivity contribution is -0.132. The summed E-state index contributed by atoms with van der Waals surface area (Å²) in [6.07, 6.45) is 0.701. The molecule has 0 aromatic heterocycles. The minimum Gasteiger partial charge on any atom is -0.444 e. The Bertz CT molecular complexity index is 358. The van der Waals surface area contributed by atoms with E-state index in [0.717, 1.165) is 6.42 Å². The molecule has 21 heavy (non-hydrogen) atoms. The maximum absolute atomic E-state index is 12.1. The summed E-state index contributed by atoms with van der Waals surface area (Å²) in [5.41, 5.74) is -0.482. The number of nitrogens with one attached hydrogen (secondary N) is 1. The van der Waals surface area contributed by atoms with Crippen molar-refractivity contribution in [1.29, 1.82) is 0 Å². The molecule has 1 unspecified atom stereocenters. The zero-order valence-electron chi connectivity index (χ0n) is 13.9. The van der Waals surface area contributed by atoms with Gasteiger partial charge in [0.15, 0.2) is 0 Å². The van der Waals surface area contributed by atoms with E-state index in [2.05, 4.69) is 19.2 Å². The fourth-order valence-corrected chi connectivity index (χ4v) is 1.98. The van der Waals surface area contributed by atoms with Crippen molar-refractivity contribution >= 4 is 12.0 Å². The van der Waals surface area contributed by atoms with Crippen molar-refractivity contribution in [3.63, 3.8) is 0 Å². The molecule has 1 aliphatic rings. The SMILES string of the molecule is CCC(C)NCC(=O)N1CCN(C(=O)OC(C)(C)C)CC1. The third-order valence-electron chi connectivity index (χ3n) is 3.50. The zero-order chi connectivity index (χ0) is 16.0. The lowest BCUT2D eigenvalue weighted by Crippen LogP contribution is -2.53. The van der Waals surface area contributed by atoms with Crippen molar-refractivity contribution in [3.05, 3.63) is 0 Å². The maximum Gasteiger partial charge on any atom is 0.410 e. The molecular formula is C15H29N3O3. The number of piperazine rings is 1. The van der Waals surface area contributed by atoms with Gasteiger partial charge in [0.2, 0.25) is 5.91 Å². The van der Waals surface area contributed by atoms with Gasteiger partial charge in [0.25, 0.3) is 0 Å². The topological polar surface area (TPSA) is 61.9 Å². The van der Waals surface area contributed by atoms with Crippen LogP contribution < -0.4 is 5.32 Å². The molecule has 1 atom stereocenters. The van der Waals surface area contributed by atoms with Gasteiger partial charge in [0, 0.05) is 32.2 Å². The molecule has 1 fully saturated rings. The van der Waals surface area contributed by atoms with E-state index in [4.69, 9.17) is 4.74 Å². The maximum atomic E-state index is 12.1. The summed E-state index contributed by atoms with van der Waals surface area (Å²) in [4.78, 5) is 27.5. The van der Waals surface area contributed by atoms with Crippen LogP contribution in [0.1, 0.15) is 41.0 Å². The molecule has 6 heteroatoms. The number of amides is 2. The molecular weight excluding hydrogens is 270 g/mol. The van der Waals surface area contributed by atoms with Crippen LogP contribution in [-0.4, -0.2) is 66.2 Å². The minimum atomic E-state index is -0.482. The van der Waals surface area contributed by atoms with Crippen molar-refractivity contribution in [2.45, 2.75) is 52.7 Å². The number of ether oxygens (including phenoxy) is 1. The first-order valence-corrected chi connectivity index (χ1v) is 7.72. The zero-order valence-corrected chi connectivity index (χ0v) is 13.9. The highest BCUT2D eigenvalue weighted by molar-refractivity contribution is 5.78. The Morgan fingerprint density at radius 2 is 1.67 bits per heavy atom. The first-order valence-electron chi connectivity index (χ1n) is 7.72. The van der Waals surface area contributed by atoms with Gasteiger partial charge in [0.1, 0.15) is 5.60 Å². The van der Waals surface area contributed by atoms with E-state index in [1.165, 1.54) is 0 Å². The highest BCUT2D eigenvalue weighted by Crippen LogP contribution is 2.11. The molecule has 122 valence electrons. The van der Waals surface area contributed by atoms with Crippen LogP contribution in [0.15, 0.2) is 0 Å². The minimum absolute atomic E-state index is 0.0964. The first kappa shape index (κ1) is 17.8. The van der Waals surface area contributed by atoms with Crippen LogP contribution in [0.4, 0.5) is 4.79 Å². The van der Waals surface area contributed by atoms with Crippen molar-refractivity contribution in [1.82, 2.24) is 15.1 Å². The Kier molecular flexibility index (Phi) is 6.45. The highest BCUT2D eigenvalue weighted by atomic mass is 16.6. The van der Waals surface area contributed by atoms with Crippen molar-refractivity contribution in [2.24, 2.45) is 0 Å². The second kappa shape index (κ2) is 7.64. The van der Waals surface area contributed by atoms with E-state index in [1.54, 1.807) is 9.80 Å². The van der Waals surface area contributed by atoms with Crippen molar-refractivity contribution < 1.29 is 14.3 Å². The number of rotatable bonds is 4. The molecule has 0 saturated carbocycles. The number of carbonyl (C=O) groups excluding carboxylic acids is 2. The van der Waals surface area contributed by atoms with Gasteiger partial charge in [-0.3, -0.25) is 4.79 Å². The Morgan fingerprint density at radius 3 is 2.14 bits per heavy atom. The van der Waals surface area contributed by atoms with E-state index in [9.17, 15) is 9.59 Å². The summed E-state index contributed by atoms with van der Waals surface area (Å²) in [5, 5.41) is 3.20. The molecule has 1 heterocycles. The predicted octanol–water partition coefficient (Wildman–Crippen LogP) is 1.45. The average molecular weight is 299 g/mol. The molecule has 1 rings (SSSR count). The Labute approximate surface area is 127 Å². The van der Waals surface area contributed by atoms with E-state index in [0.29, 0.717) is 38.8 Å². The van der Waals surface area contributed by atoms with Crippen LogP contribution in [0.25, 0.3) is 0 Å². The third kappa shape index (κ3) is 6.33. The number of hydrogen-bond donors (Lipinski definition) is 1. The molecule has 1 N–H and O–H groups in total. The largest absolute Gasteiger partial charge is 0.444 e. The normalized spacial score (nSPS) is 17.6. The van der Waals surface area contributed by atoms with E-state index >= 15 is 0 Å². The lowest BCUT2D eigenvalue weighted by atomic mass is 10.2. The lowest BCUT2D eigenvalue weighted by Gasteiger charge is -2.35. The number of hydrogen-bond acceptors (Lipinski definition) is 4. The van der Waals surface area contributed by atoms with Crippen LogP contribution in [0.2, 0.25) is 0 Å². The van der Waals surface area contributed by atoms with E-state index in [-0.39, 0.29) is 12.0 Å². The fraction of sp³-hybridized carbons (Fsp3) is 0.867. The summed E-state index contributed by atoms with van der Waals surface area (Å²) >= 11 is 0. The Morgan fingerprint density at radius 1 is 1.14 bits per heavy atom. The second-order valence-corrected chi connectivity index (χ2v) is 6.54. The van der Waals surface area contributed by atoms with Crippen LogP contribution in [0, 0.1) is 0 Å². The Hall–Kier alpha value is -1.30. The summed E-state index contributed by atoms with van der Waals surface area (Å²) in [5.74, 6) is 0.0964. The summed E-state index contributed by atoms with van der Waals surface area (Å²) < 4.78 is 5.34. The molecule has 0 bridgehead atoms. The smallest absolute Gasteiger partial charge is 0.410 e. The molecule has 1 aliphatic heterocycles. The van der Waals surface area contributed by atoms with Crippen molar-refractivity contribution in [2.75, 3.05) is 32.7 Å². The summed E-state index contributed by atoms with van der Waals surface area (Å²) in [6, 6.07) is 0.344. The average Bonchev–Trinajstić information content (AvgIpc) is 2.42. The van der Waals surface area contributed by atoms with Crippen LogP contribution in [0.3, 0.4) is 0 Å². The van der Waals surface area contributed by atoms with Gasteiger partial charge in [-0.15, -0.1) is 0 Å². The molecule has 0 radical (unpaired) electrons. The van der Waals surface area contributed by atoms with Gasteiger partial charge < -0.3 is 19.9 Å². The van der Waals surface area contributed by atoms with E-state index in [1.807, 2.05) is 20.8 Å². The van der Waals surface area contributed by atoms with Gasteiger partial charge in [0.05, 0.1) is 6.54 Å². The third-order valence-corrected chi connectivity index (χ3v) is 3.50. The monoisotopic (exact) mass is 299 g/mol. The fourth-order valence-electron chi connectivity index (χ4n) is 1.98. The molecule has 0 aromatic carbocycles. The standard InChI is InChI=1S/C15H29N3O3/c1-6-12(2)16-11-13(19)17-7-9-18(10-8-17)14(20)21-15(3,4)5/h12,16H,6-11H2,1-5H3. The van der Waals surface area contributed by atoms with E-state index < -0.39 is 5.60 Å². The van der Waals surface area contributed by atoms with Gasteiger partial charge in [-0.2, -0.15) is 0 Å². The Balaban J connectivity index is 2.34. The molecule has 2 amide bonds. The first-order chi connectivity index (χ1) is 9.73. The van der Waals surface area contributed by atoms with Gasteiger partial charge in [-0.1, -0.05) is 6.92 Å². The molecule has 0 aromatic rings. The van der Waals surface area contributed by atoms with Crippen LogP contribution >= 0.6 is 0 Å². The van der Waals surface area contributed by atoms with Gasteiger partial charge in [-0.25, -0.2) is 4.79 Å². The second-order valence-electron chi connectivity index (χ2n) is 6.54. The highest BCUT2D eigenvalue weighted by Gasteiger charge is 2.27. The molecule has 6 nitrogen and oxygen atoms in total. The van der Waals surface area contributed by atoms with Gasteiger partial charge >= 0.3 is 6.09 Å². The predicted molar refractivity (Wildman–Crippen MR) is 82.1 cm³/mol. The quantitative estimate of drug-likeness (QED) is 0.853. The van der Waals surface area contributed by atoms with Crippen LogP contribution in [0.5, 0.6) is 0 Å². The number of carbonyl (C=O) groups is 2. The summed E-state index contributed by atoms with van der Waals surface area (Å²) in [7, 11) is 0. The number of nitrogens with zero attached hydrogens (tertiary/aromatic N) is 2. The molecule has 0 aliphatic carbocycles. The summed E-state index contributed by atoms with van der Waals surface area (Å²) in [6.45, 7) is 12.3. The molecule has 0 spiro atoms. The van der Waals surface area contributed by atoms with Gasteiger partial charge in [-0.05, 0) is 34.1 Å². The van der Waals surface area contributed by atoms with Crippen molar-refractivity contribution in [3.8, 4) is 0 Å². The van der Waals surface area contributed by atoms with Crippen LogP contribution in [-0.2, 0) is 9.53 Å².